The van der Waals surface area contributed by atoms with E-state index < -0.39 is 5.97 Å². The first-order valence-electron chi connectivity index (χ1n) is 5.80. The Hall–Kier alpha value is -1.66. The summed E-state index contributed by atoms with van der Waals surface area (Å²) in [6.07, 6.45) is 2.66. The van der Waals surface area contributed by atoms with Crippen LogP contribution in [0.15, 0.2) is 24.8 Å². The molecule has 0 amide bonds. The minimum absolute atomic E-state index is 0.0833. The smallest absolute Gasteiger partial charge is 0.342 e. The van der Waals surface area contributed by atoms with Crippen molar-refractivity contribution in [2.75, 3.05) is 13.2 Å². The average Bonchev–Trinajstić information content (AvgIpc) is 2.37. The normalized spacial score (nSPS) is 8.00. The molecule has 0 spiro atoms. The zero-order valence-electron chi connectivity index (χ0n) is 11.8. The highest BCUT2D eigenvalue weighted by Crippen LogP contribution is 1.90. The Bertz CT molecular complexity index is 248. The van der Waals surface area contributed by atoms with Gasteiger partial charge < -0.3 is 10.2 Å². The van der Waals surface area contributed by atoms with Crippen LogP contribution in [0.5, 0.6) is 0 Å². The molecule has 0 aromatic rings. The third kappa shape index (κ3) is 31.4. The fraction of sp³-hybridized carbons (Fsp3) is 0.538. The highest BCUT2D eigenvalue weighted by atomic mass is 17.2. The van der Waals surface area contributed by atoms with Crippen molar-refractivity contribution in [1.29, 1.82) is 0 Å². The van der Waals surface area contributed by atoms with Crippen LogP contribution in [0.1, 0.15) is 33.6 Å². The molecule has 0 aliphatic carbocycles. The number of hydrogen-bond acceptors (Lipinski definition) is 5. The number of carboxylic acid groups (broad SMARTS) is 1. The minimum Gasteiger partial charge on any atom is -0.478 e. The lowest BCUT2D eigenvalue weighted by Gasteiger charge is -1.97. The van der Waals surface area contributed by atoms with Crippen LogP contribution in [-0.2, 0) is 19.4 Å². The van der Waals surface area contributed by atoms with Crippen molar-refractivity contribution in [2.24, 2.45) is 0 Å². The Morgan fingerprint density at radius 2 is 1.74 bits per heavy atom. The molecular formula is C13H24O6. The first-order chi connectivity index (χ1) is 8.87. The lowest BCUT2D eigenvalue weighted by Crippen LogP contribution is -2.03. The van der Waals surface area contributed by atoms with E-state index in [0.717, 1.165) is 6.42 Å². The standard InChI is InChI=1S/C6H12O3.C4H6O2.C3H6O/c1-3-5-6(7)9-8-4-2;1-3(2)4(5)6;1-2-3-4/h3-5H2,1-2H3;1H2,2H3,(H,5,6);2,4H,1,3H2. The summed E-state index contributed by atoms with van der Waals surface area (Å²) in [5.74, 6) is -1.23. The second-order valence-corrected chi connectivity index (χ2v) is 3.17. The molecule has 0 radical (unpaired) electrons. The van der Waals surface area contributed by atoms with Crippen LogP contribution in [0.4, 0.5) is 0 Å². The lowest BCUT2D eigenvalue weighted by molar-refractivity contribution is -0.269. The van der Waals surface area contributed by atoms with Gasteiger partial charge in [-0.1, -0.05) is 19.6 Å². The highest BCUT2D eigenvalue weighted by molar-refractivity contribution is 5.84. The van der Waals surface area contributed by atoms with Crippen LogP contribution in [0.3, 0.4) is 0 Å². The summed E-state index contributed by atoms with van der Waals surface area (Å²) in [7, 11) is 0. The van der Waals surface area contributed by atoms with Crippen molar-refractivity contribution >= 4 is 11.9 Å². The Morgan fingerprint density at radius 3 is 1.95 bits per heavy atom. The first kappa shape index (κ1) is 22.5. The van der Waals surface area contributed by atoms with E-state index in [0.29, 0.717) is 13.0 Å². The van der Waals surface area contributed by atoms with E-state index in [-0.39, 0.29) is 18.1 Å². The summed E-state index contributed by atoms with van der Waals surface area (Å²) in [6.45, 7) is 12.0. The predicted octanol–water partition coefficient (Wildman–Crippen LogP) is 2.09. The maximum atomic E-state index is 10.5. The molecule has 6 nitrogen and oxygen atoms in total. The predicted molar refractivity (Wildman–Crippen MR) is 72.4 cm³/mol. The Morgan fingerprint density at radius 1 is 1.32 bits per heavy atom. The van der Waals surface area contributed by atoms with Crippen molar-refractivity contribution < 1.29 is 29.6 Å². The lowest BCUT2D eigenvalue weighted by atomic mass is 10.3. The third-order valence-electron chi connectivity index (χ3n) is 1.22. The average molecular weight is 276 g/mol. The molecule has 2 N–H and O–H groups in total. The topological polar surface area (TPSA) is 93.1 Å². The fourth-order valence-electron chi connectivity index (χ4n) is 0.370. The van der Waals surface area contributed by atoms with Gasteiger partial charge in [-0.15, -0.1) is 6.58 Å². The van der Waals surface area contributed by atoms with E-state index in [1.54, 1.807) is 6.92 Å². The summed E-state index contributed by atoms with van der Waals surface area (Å²) in [4.78, 5) is 28.7. The van der Waals surface area contributed by atoms with Crippen LogP contribution >= 0.6 is 0 Å². The highest BCUT2D eigenvalue weighted by Gasteiger charge is 1.98. The number of aliphatic hydroxyl groups excluding tert-OH is 1. The van der Waals surface area contributed by atoms with Gasteiger partial charge in [-0.05, 0) is 20.3 Å². The van der Waals surface area contributed by atoms with Crippen molar-refractivity contribution in [3.8, 4) is 0 Å². The molecule has 0 aliphatic rings. The molecule has 19 heavy (non-hydrogen) atoms. The molecule has 0 aromatic carbocycles. The second kappa shape index (κ2) is 18.7. The maximum absolute atomic E-state index is 10.5. The van der Waals surface area contributed by atoms with E-state index in [4.69, 9.17) is 10.2 Å². The molecule has 0 fully saturated rings. The number of carbonyl (C=O) groups excluding carboxylic acids is 1. The van der Waals surface area contributed by atoms with Gasteiger partial charge >= 0.3 is 11.9 Å². The number of rotatable bonds is 6. The van der Waals surface area contributed by atoms with Crippen molar-refractivity contribution in [1.82, 2.24) is 0 Å². The summed E-state index contributed by atoms with van der Waals surface area (Å²) >= 11 is 0. The van der Waals surface area contributed by atoms with Gasteiger partial charge in [0.25, 0.3) is 0 Å². The monoisotopic (exact) mass is 276 g/mol. The first-order valence-corrected chi connectivity index (χ1v) is 5.80. The fourth-order valence-corrected chi connectivity index (χ4v) is 0.370. The SMILES string of the molecule is C=C(C)C(=O)O.C=CCO.CCCC(=O)OOCC. The quantitative estimate of drug-likeness (QED) is 0.334. The molecule has 0 aromatic heterocycles. The number of aliphatic hydroxyl groups is 1. The van der Waals surface area contributed by atoms with Crippen LogP contribution < -0.4 is 0 Å². The second-order valence-electron chi connectivity index (χ2n) is 3.17. The van der Waals surface area contributed by atoms with Gasteiger partial charge in [-0.3, -0.25) is 4.89 Å². The van der Waals surface area contributed by atoms with E-state index in [1.165, 1.54) is 13.0 Å². The molecule has 112 valence electrons. The molecule has 0 unspecified atom stereocenters. The minimum atomic E-state index is -0.935. The largest absolute Gasteiger partial charge is 0.478 e. The van der Waals surface area contributed by atoms with Gasteiger partial charge in [0.1, 0.15) is 0 Å². The van der Waals surface area contributed by atoms with E-state index in [2.05, 4.69) is 22.9 Å². The number of carbonyl (C=O) groups is 2. The Labute approximate surface area is 114 Å². The molecule has 0 atom stereocenters. The number of aliphatic carboxylic acids is 1. The zero-order valence-corrected chi connectivity index (χ0v) is 11.8. The van der Waals surface area contributed by atoms with Gasteiger partial charge in [0.05, 0.1) is 13.2 Å². The van der Waals surface area contributed by atoms with Crippen molar-refractivity contribution in [2.45, 2.75) is 33.6 Å². The molecular weight excluding hydrogens is 252 g/mol. The van der Waals surface area contributed by atoms with E-state index >= 15 is 0 Å². The van der Waals surface area contributed by atoms with Crippen LogP contribution in [-0.4, -0.2) is 35.4 Å². The van der Waals surface area contributed by atoms with E-state index in [1.807, 2.05) is 6.92 Å². The molecule has 0 saturated heterocycles. The Balaban J connectivity index is -0.000000222. The molecule has 0 aliphatic heterocycles. The van der Waals surface area contributed by atoms with Crippen molar-refractivity contribution in [3.05, 3.63) is 24.8 Å². The van der Waals surface area contributed by atoms with Gasteiger partial charge in [0.2, 0.25) is 0 Å². The molecule has 0 bridgehead atoms. The van der Waals surface area contributed by atoms with Gasteiger partial charge in [0.15, 0.2) is 0 Å². The maximum Gasteiger partial charge on any atom is 0.342 e. The van der Waals surface area contributed by atoms with Gasteiger partial charge in [-0.25, -0.2) is 9.59 Å². The van der Waals surface area contributed by atoms with Crippen LogP contribution in [0.2, 0.25) is 0 Å². The summed E-state index contributed by atoms with van der Waals surface area (Å²) < 4.78 is 0. The molecule has 0 saturated carbocycles. The number of hydrogen-bond donors (Lipinski definition) is 2. The van der Waals surface area contributed by atoms with Gasteiger partial charge in [0, 0.05) is 12.0 Å². The molecule has 0 heterocycles. The summed E-state index contributed by atoms with van der Waals surface area (Å²) in [5.41, 5.74) is 0.176. The summed E-state index contributed by atoms with van der Waals surface area (Å²) in [6, 6.07) is 0. The van der Waals surface area contributed by atoms with Crippen LogP contribution in [0, 0.1) is 0 Å². The third-order valence-corrected chi connectivity index (χ3v) is 1.22. The molecule has 0 rings (SSSR count). The summed E-state index contributed by atoms with van der Waals surface area (Å²) in [5, 5.41) is 15.6. The van der Waals surface area contributed by atoms with Crippen LogP contribution in [0.25, 0.3) is 0 Å². The van der Waals surface area contributed by atoms with Crippen molar-refractivity contribution in [3.63, 3.8) is 0 Å². The number of carboxylic acids is 1. The van der Waals surface area contributed by atoms with Gasteiger partial charge in [-0.2, -0.15) is 4.89 Å². The molecule has 6 heteroatoms. The Kier molecular flexibility index (Phi) is 22.2. The zero-order chi connectivity index (χ0) is 15.7. The van der Waals surface area contributed by atoms with E-state index in [9.17, 15) is 9.59 Å².